The third-order valence-corrected chi connectivity index (χ3v) is 4.43. The lowest BCUT2D eigenvalue weighted by Gasteiger charge is -2.25. The molecule has 1 amide bonds. The molecule has 1 aliphatic heterocycles. The van der Waals surface area contributed by atoms with Crippen LogP contribution in [-0.2, 0) is 17.9 Å². The second-order valence-electron chi connectivity index (χ2n) is 6.50. The first-order valence-electron chi connectivity index (χ1n) is 8.54. The highest BCUT2D eigenvalue weighted by Crippen LogP contribution is 2.12. The smallest absolute Gasteiger partial charge is 0.236 e. The van der Waals surface area contributed by atoms with Crippen molar-refractivity contribution >= 4 is 5.91 Å². The second-order valence-corrected chi connectivity index (χ2v) is 6.50. The molecule has 1 fully saturated rings. The first kappa shape index (κ1) is 16.7. The summed E-state index contributed by atoms with van der Waals surface area (Å²) < 4.78 is 0. The van der Waals surface area contributed by atoms with Gasteiger partial charge in [-0.3, -0.25) is 9.69 Å². The van der Waals surface area contributed by atoms with Gasteiger partial charge in [-0.1, -0.05) is 60.7 Å². The van der Waals surface area contributed by atoms with Gasteiger partial charge in [0.05, 0.1) is 6.54 Å². The normalized spacial score (nSPS) is 17.4. The van der Waals surface area contributed by atoms with Gasteiger partial charge in [-0.15, -0.1) is 0 Å². The Kier molecular flexibility index (Phi) is 5.62. The van der Waals surface area contributed by atoms with E-state index in [9.17, 15) is 4.79 Å². The van der Waals surface area contributed by atoms with E-state index in [1.165, 1.54) is 11.1 Å². The van der Waals surface area contributed by atoms with E-state index in [0.29, 0.717) is 13.1 Å². The van der Waals surface area contributed by atoms with E-state index in [1.54, 1.807) is 0 Å². The summed E-state index contributed by atoms with van der Waals surface area (Å²) >= 11 is 0. The Morgan fingerprint density at radius 3 is 2.00 bits per heavy atom. The van der Waals surface area contributed by atoms with E-state index in [-0.39, 0.29) is 11.9 Å². The van der Waals surface area contributed by atoms with Gasteiger partial charge in [-0.2, -0.15) is 0 Å². The maximum atomic E-state index is 12.6. The van der Waals surface area contributed by atoms with Crippen LogP contribution in [0.2, 0.25) is 0 Å². The molecule has 3 rings (SSSR count). The highest BCUT2D eigenvalue weighted by atomic mass is 16.2. The lowest BCUT2D eigenvalue weighted by Crippen LogP contribution is -2.39. The van der Waals surface area contributed by atoms with E-state index in [2.05, 4.69) is 29.2 Å². The van der Waals surface area contributed by atoms with Crippen molar-refractivity contribution in [2.24, 2.45) is 5.73 Å². The van der Waals surface area contributed by atoms with Crippen LogP contribution in [0.25, 0.3) is 0 Å². The predicted molar refractivity (Wildman–Crippen MR) is 96.2 cm³/mol. The van der Waals surface area contributed by atoms with Crippen LogP contribution < -0.4 is 5.73 Å². The molecule has 0 saturated carbocycles. The van der Waals surface area contributed by atoms with E-state index < -0.39 is 0 Å². The topological polar surface area (TPSA) is 49.6 Å². The highest BCUT2D eigenvalue weighted by Gasteiger charge is 2.25. The minimum absolute atomic E-state index is 0.130. The molecule has 4 heteroatoms. The van der Waals surface area contributed by atoms with Gasteiger partial charge < -0.3 is 10.6 Å². The molecule has 1 heterocycles. The molecule has 1 saturated heterocycles. The zero-order valence-electron chi connectivity index (χ0n) is 14.0. The number of hydrogen-bond acceptors (Lipinski definition) is 3. The number of amides is 1. The van der Waals surface area contributed by atoms with Crippen LogP contribution in [0, 0.1) is 0 Å². The van der Waals surface area contributed by atoms with E-state index in [0.717, 1.165) is 26.1 Å². The maximum absolute atomic E-state index is 12.6. The first-order chi connectivity index (χ1) is 11.7. The molecule has 2 aromatic rings. The summed E-state index contributed by atoms with van der Waals surface area (Å²) in [6.45, 7) is 3.42. The number of nitrogens with two attached hydrogens (primary N) is 1. The number of likely N-dealkylation sites (tertiary alicyclic amines) is 1. The minimum atomic E-state index is 0.130. The largest absolute Gasteiger partial charge is 0.340 e. The van der Waals surface area contributed by atoms with Crippen LogP contribution in [0.15, 0.2) is 60.7 Å². The third-order valence-electron chi connectivity index (χ3n) is 4.43. The Bertz CT molecular complexity index is 603. The number of carbonyl (C=O) groups is 1. The number of hydrogen-bond donors (Lipinski definition) is 1. The van der Waals surface area contributed by atoms with Gasteiger partial charge in [0.15, 0.2) is 0 Å². The Hall–Kier alpha value is -2.17. The summed E-state index contributed by atoms with van der Waals surface area (Å²) in [5.74, 6) is 0.176. The molecule has 1 aliphatic rings. The van der Waals surface area contributed by atoms with Crippen LogP contribution in [0.4, 0.5) is 0 Å². The molecule has 2 aromatic carbocycles. The van der Waals surface area contributed by atoms with E-state index in [1.807, 2.05) is 41.3 Å². The van der Waals surface area contributed by atoms with Crippen molar-refractivity contribution in [3.8, 4) is 0 Å². The fourth-order valence-electron chi connectivity index (χ4n) is 3.16. The third kappa shape index (κ3) is 4.66. The SMILES string of the molecule is N[C@@H]1CCN(C(=O)CN(Cc2ccccc2)Cc2ccccc2)C1. The summed E-state index contributed by atoms with van der Waals surface area (Å²) in [5.41, 5.74) is 8.38. The van der Waals surface area contributed by atoms with Crippen LogP contribution in [-0.4, -0.2) is 41.4 Å². The molecule has 4 nitrogen and oxygen atoms in total. The van der Waals surface area contributed by atoms with Crippen LogP contribution in [0.5, 0.6) is 0 Å². The molecule has 0 radical (unpaired) electrons. The molecule has 0 spiro atoms. The van der Waals surface area contributed by atoms with Crippen molar-refractivity contribution in [1.82, 2.24) is 9.80 Å². The quantitative estimate of drug-likeness (QED) is 0.887. The number of benzene rings is 2. The molecule has 1 atom stereocenters. The predicted octanol–water partition coefficient (Wildman–Crippen LogP) is 2.25. The second kappa shape index (κ2) is 8.08. The number of carbonyl (C=O) groups excluding carboxylic acids is 1. The Labute approximate surface area is 143 Å². The molecule has 0 aromatic heterocycles. The minimum Gasteiger partial charge on any atom is -0.340 e. The lowest BCUT2D eigenvalue weighted by molar-refractivity contribution is -0.131. The average molecular weight is 323 g/mol. The standard InChI is InChI=1S/C20H25N3O/c21-19-11-12-23(15-19)20(24)16-22(13-17-7-3-1-4-8-17)14-18-9-5-2-6-10-18/h1-10,19H,11-16,21H2/t19-/m1/s1. The number of rotatable bonds is 6. The fourth-order valence-corrected chi connectivity index (χ4v) is 3.16. The van der Waals surface area contributed by atoms with E-state index in [4.69, 9.17) is 5.73 Å². The van der Waals surface area contributed by atoms with Crippen molar-refractivity contribution < 1.29 is 4.79 Å². The maximum Gasteiger partial charge on any atom is 0.236 e. The summed E-state index contributed by atoms with van der Waals surface area (Å²) in [6.07, 6.45) is 0.906. The summed E-state index contributed by atoms with van der Waals surface area (Å²) in [7, 11) is 0. The van der Waals surface area contributed by atoms with Crippen molar-refractivity contribution in [3.05, 3.63) is 71.8 Å². The van der Waals surface area contributed by atoms with Crippen molar-refractivity contribution in [1.29, 1.82) is 0 Å². The summed E-state index contributed by atoms with van der Waals surface area (Å²) in [6, 6.07) is 20.7. The molecular formula is C20H25N3O. The van der Waals surface area contributed by atoms with Gasteiger partial charge in [0.1, 0.15) is 0 Å². The summed E-state index contributed by atoms with van der Waals surface area (Å²) in [4.78, 5) is 16.7. The van der Waals surface area contributed by atoms with Gasteiger partial charge in [0.25, 0.3) is 0 Å². The van der Waals surface area contributed by atoms with Gasteiger partial charge in [0, 0.05) is 32.2 Å². The average Bonchev–Trinajstić information content (AvgIpc) is 3.03. The Morgan fingerprint density at radius 2 is 1.54 bits per heavy atom. The highest BCUT2D eigenvalue weighted by molar-refractivity contribution is 5.78. The van der Waals surface area contributed by atoms with Gasteiger partial charge >= 0.3 is 0 Å². The molecule has 2 N–H and O–H groups in total. The van der Waals surface area contributed by atoms with Crippen LogP contribution in [0.1, 0.15) is 17.5 Å². The zero-order chi connectivity index (χ0) is 16.8. The molecule has 126 valence electrons. The van der Waals surface area contributed by atoms with E-state index >= 15 is 0 Å². The van der Waals surface area contributed by atoms with Crippen molar-refractivity contribution in [2.45, 2.75) is 25.6 Å². The first-order valence-corrected chi connectivity index (χ1v) is 8.54. The van der Waals surface area contributed by atoms with Crippen LogP contribution >= 0.6 is 0 Å². The Morgan fingerprint density at radius 1 is 1.00 bits per heavy atom. The zero-order valence-corrected chi connectivity index (χ0v) is 14.0. The molecular weight excluding hydrogens is 298 g/mol. The molecule has 0 aliphatic carbocycles. The van der Waals surface area contributed by atoms with Gasteiger partial charge in [0.2, 0.25) is 5.91 Å². The van der Waals surface area contributed by atoms with Gasteiger partial charge in [-0.25, -0.2) is 0 Å². The molecule has 24 heavy (non-hydrogen) atoms. The molecule has 0 bridgehead atoms. The van der Waals surface area contributed by atoms with Crippen LogP contribution in [0.3, 0.4) is 0 Å². The lowest BCUT2D eigenvalue weighted by atomic mass is 10.1. The van der Waals surface area contributed by atoms with Crippen molar-refractivity contribution in [2.75, 3.05) is 19.6 Å². The molecule has 0 unspecified atom stereocenters. The fraction of sp³-hybridized carbons (Fsp3) is 0.350. The number of nitrogens with zero attached hydrogens (tertiary/aromatic N) is 2. The monoisotopic (exact) mass is 323 g/mol. The van der Waals surface area contributed by atoms with Gasteiger partial charge in [-0.05, 0) is 17.5 Å². The van der Waals surface area contributed by atoms with Crippen molar-refractivity contribution in [3.63, 3.8) is 0 Å². The summed E-state index contributed by atoms with van der Waals surface area (Å²) in [5, 5.41) is 0. The Balaban J connectivity index is 1.68.